The monoisotopic (exact) mass is 220 g/mol. The van der Waals surface area contributed by atoms with E-state index in [2.05, 4.69) is 15.9 Å². The van der Waals surface area contributed by atoms with Gasteiger partial charge < -0.3 is 0 Å². The molecule has 0 saturated heterocycles. The lowest BCUT2D eigenvalue weighted by atomic mass is 10.3. The van der Waals surface area contributed by atoms with Crippen molar-refractivity contribution < 1.29 is 10.7 Å². The van der Waals surface area contributed by atoms with Crippen LogP contribution in [-0.2, 0) is 0 Å². The lowest BCUT2D eigenvalue weighted by Crippen LogP contribution is -1.91. The highest BCUT2D eigenvalue weighted by Crippen LogP contribution is 2.20. The van der Waals surface area contributed by atoms with Crippen molar-refractivity contribution in [2.75, 3.05) is 0 Å². The first-order valence-corrected chi connectivity index (χ1v) is 3.41. The summed E-state index contributed by atoms with van der Waals surface area (Å²) in [4.78, 5) is 9.27. The van der Waals surface area contributed by atoms with Gasteiger partial charge in [-0.1, -0.05) is 15.9 Å². The molecule has 3 nitrogen and oxygen atoms in total. The third kappa shape index (κ3) is 1.74. The summed E-state index contributed by atoms with van der Waals surface area (Å²) in [5.74, 6) is -1.00. The standard InChI is InChI=1S/C6H3BrFNO2/c7-4-1-2-6(9(10)11)5(8)3-4/h1-3H/i2D. The third-order valence-electron chi connectivity index (χ3n) is 1.02. The third-order valence-corrected chi connectivity index (χ3v) is 1.48. The van der Waals surface area contributed by atoms with Gasteiger partial charge in [0.05, 0.1) is 6.29 Å². The topological polar surface area (TPSA) is 43.1 Å². The summed E-state index contributed by atoms with van der Waals surface area (Å²) in [5, 5.41) is 10.2. The Morgan fingerprint density at radius 2 is 2.45 bits per heavy atom. The highest BCUT2D eigenvalue weighted by Gasteiger charge is 2.12. The minimum atomic E-state index is -1.00. The fourth-order valence-electron chi connectivity index (χ4n) is 0.577. The second-order valence-corrected chi connectivity index (χ2v) is 2.69. The Balaban J connectivity index is 3.38. The van der Waals surface area contributed by atoms with Crippen LogP contribution < -0.4 is 0 Å². The predicted molar refractivity (Wildman–Crippen MR) is 40.8 cm³/mol. The molecule has 58 valence electrons. The zero-order valence-corrected chi connectivity index (χ0v) is 6.76. The number of nitrogens with zero attached hydrogens (tertiary/aromatic N) is 1. The molecule has 0 saturated carbocycles. The highest BCUT2D eigenvalue weighted by atomic mass is 79.9. The number of nitro groups is 1. The van der Waals surface area contributed by atoms with E-state index in [1.807, 2.05) is 0 Å². The van der Waals surface area contributed by atoms with Crippen molar-refractivity contribution in [1.82, 2.24) is 0 Å². The molecule has 0 aliphatic carbocycles. The maximum atomic E-state index is 12.8. The first-order valence-electron chi connectivity index (χ1n) is 3.12. The summed E-state index contributed by atoms with van der Waals surface area (Å²) in [5.41, 5.74) is -0.793. The number of hydrogen-bond acceptors (Lipinski definition) is 2. The molecule has 0 amide bonds. The summed E-state index contributed by atoms with van der Waals surface area (Å²) in [6.45, 7) is 0. The number of nitro benzene ring substituents is 1. The SMILES string of the molecule is [2H]c1cc(Br)cc(F)c1[N+](=O)[O-]. The molecule has 0 aliphatic rings. The largest absolute Gasteiger partial charge is 0.304 e. The van der Waals surface area contributed by atoms with E-state index in [9.17, 15) is 14.5 Å². The maximum Gasteiger partial charge on any atom is 0.304 e. The van der Waals surface area contributed by atoms with Crippen LogP contribution in [0.4, 0.5) is 10.1 Å². The van der Waals surface area contributed by atoms with Crippen LogP contribution in [0.5, 0.6) is 0 Å². The Morgan fingerprint density at radius 3 is 2.91 bits per heavy atom. The first kappa shape index (κ1) is 6.72. The van der Waals surface area contributed by atoms with Gasteiger partial charge in [0, 0.05) is 10.5 Å². The van der Waals surface area contributed by atoms with Gasteiger partial charge in [-0.15, -0.1) is 0 Å². The van der Waals surface area contributed by atoms with Crippen LogP contribution in [0.3, 0.4) is 0 Å². The molecular formula is C6H3BrFNO2. The summed E-state index contributed by atoms with van der Waals surface area (Å²) in [6, 6.07) is 1.68. The Bertz CT molecular complexity index is 321. The van der Waals surface area contributed by atoms with Crippen LogP contribution in [-0.4, -0.2) is 4.92 Å². The number of rotatable bonds is 1. The number of hydrogen-bond donors (Lipinski definition) is 0. The quantitative estimate of drug-likeness (QED) is 0.540. The second-order valence-electron chi connectivity index (χ2n) is 1.77. The van der Waals surface area contributed by atoms with Crippen LogP contribution in [0.2, 0.25) is 0 Å². The summed E-state index contributed by atoms with van der Waals surface area (Å²) >= 11 is 2.91. The van der Waals surface area contributed by atoms with Gasteiger partial charge in [0.15, 0.2) is 0 Å². The van der Waals surface area contributed by atoms with Crippen LogP contribution in [0.15, 0.2) is 22.6 Å². The van der Waals surface area contributed by atoms with Crippen molar-refractivity contribution in [3.8, 4) is 0 Å². The molecule has 0 aliphatic heterocycles. The van der Waals surface area contributed by atoms with Gasteiger partial charge in [-0.05, 0) is 12.1 Å². The van der Waals surface area contributed by atoms with Crippen LogP contribution in [0.1, 0.15) is 1.37 Å². The van der Waals surface area contributed by atoms with Crippen molar-refractivity contribution in [2.45, 2.75) is 0 Å². The molecule has 0 spiro atoms. The van der Waals surface area contributed by atoms with E-state index in [-0.39, 0.29) is 0 Å². The fraction of sp³-hybridized carbons (Fsp3) is 0. The fourth-order valence-corrected chi connectivity index (χ4v) is 0.893. The molecule has 1 aromatic carbocycles. The zero-order chi connectivity index (χ0) is 9.30. The predicted octanol–water partition coefficient (Wildman–Crippen LogP) is 2.50. The van der Waals surface area contributed by atoms with E-state index in [1.54, 1.807) is 0 Å². The molecule has 0 bridgehead atoms. The lowest BCUT2D eigenvalue weighted by Gasteiger charge is -1.92. The van der Waals surface area contributed by atoms with Crippen LogP contribution in [0, 0.1) is 15.9 Å². The number of halogens is 2. The van der Waals surface area contributed by atoms with Crippen molar-refractivity contribution >= 4 is 21.6 Å². The van der Waals surface area contributed by atoms with Gasteiger partial charge in [-0.25, -0.2) is 0 Å². The van der Waals surface area contributed by atoms with Gasteiger partial charge in [0.2, 0.25) is 5.82 Å². The van der Waals surface area contributed by atoms with E-state index >= 15 is 0 Å². The van der Waals surface area contributed by atoms with Crippen LogP contribution in [0.25, 0.3) is 0 Å². The number of benzene rings is 1. The van der Waals surface area contributed by atoms with Crippen molar-refractivity contribution in [3.05, 3.63) is 38.6 Å². The van der Waals surface area contributed by atoms with Gasteiger partial charge >= 0.3 is 5.69 Å². The van der Waals surface area contributed by atoms with Gasteiger partial charge in [-0.3, -0.25) is 10.1 Å². The Hall–Kier alpha value is -0.970. The van der Waals surface area contributed by atoms with Crippen LogP contribution >= 0.6 is 15.9 Å². The molecule has 0 N–H and O–H groups in total. The van der Waals surface area contributed by atoms with Crippen molar-refractivity contribution in [3.63, 3.8) is 0 Å². The molecule has 11 heavy (non-hydrogen) atoms. The van der Waals surface area contributed by atoms with E-state index in [4.69, 9.17) is 1.37 Å². The Kier molecular flexibility index (Phi) is 1.81. The average molecular weight is 221 g/mol. The molecule has 0 unspecified atom stereocenters. The molecule has 0 heterocycles. The van der Waals surface area contributed by atoms with Crippen molar-refractivity contribution in [2.24, 2.45) is 0 Å². The normalized spacial score (nSPS) is 10.9. The van der Waals surface area contributed by atoms with E-state index in [0.29, 0.717) is 4.47 Å². The molecule has 1 rings (SSSR count). The van der Waals surface area contributed by atoms with E-state index < -0.39 is 22.5 Å². The van der Waals surface area contributed by atoms with Gasteiger partial charge in [0.25, 0.3) is 0 Å². The summed E-state index contributed by atoms with van der Waals surface area (Å²) in [7, 11) is 0. The Labute approximate surface area is 71.5 Å². The molecule has 0 aromatic heterocycles. The van der Waals surface area contributed by atoms with Gasteiger partial charge in [0.1, 0.15) is 0 Å². The van der Waals surface area contributed by atoms with E-state index in [0.717, 1.165) is 6.07 Å². The maximum absolute atomic E-state index is 12.8. The molecule has 5 heteroatoms. The molecular weight excluding hydrogens is 217 g/mol. The minimum Gasteiger partial charge on any atom is -0.258 e. The van der Waals surface area contributed by atoms with Crippen molar-refractivity contribution in [1.29, 1.82) is 0 Å². The first-order chi connectivity index (χ1) is 5.52. The highest BCUT2D eigenvalue weighted by molar-refractivity contribution is 9.10. The summed E-state index contributed by atoms with van der Waals surface area (Å²) in [6.07, 6.45) is 0. The molecule has 0 radical (unpaired) electrons. The molecule has 0 atom stereocenters. The minimum absolute atomic E-state index is 0.315. The second kappa shape index (κ2) is 2.96. The smallest absolute Gasteiger partial charge is 0.258 e. The lowest BCUT2D eigenvalue weighted by molar-refractivity contribution is -0.387. The molecule has 1 aromatic rings. The summed E-state index contributed by atoms with van der Waals surface area (Å²) < 4.78 is 20.2. The van der Waals surface area contributed by atoms with E-state index in [1.165, 1.54) is 6.07 Å². The average Bonchev–Trinajstić information content (AvgIpc) is 1.82. The zero-order valence-electron chi connectivity index (χ0n) is 6.17. The molecule has 0 fully saturated rings. The van der Waals surface area contributed by atoms with Gasteiger partial charge in [-0.2, -0.15) is 4.39 Å². The Morgan fingerprint density at radius 1 is 1.82 bits per heavy atom.